The van der Waals surface area contributed by atoms with Gasteiger partial charge in [0.05, 0.1) is 13.4 Å². The molecule has 0 aliphatic carbocycles. The van der Waals surface area contributed by atoms with Crippen molar-refractivity contribution >= 4 is 11.9 Å². The van der Waals surface area contributed by atoms with Gasteiger partial charge in [0.25, 0.3) is 0 Å². The maximum absolute atomic E-state index is 10.5. The number of methoxy groups -OCH3 is 1. The summed E-state index contributed by atoms with van der Waals surface area (Å²) in [7, 11) is 1.28. The molecule has 0 heterocycles. The van der Waals surface area contributed by atoms with Gasteiger partial charge in [0.1, 0.15) is 0 Å². The Balaban J connectivity index is 3.66. The lowest BCUT2D eigenvalue weighted by Crippen LogP contribution is -1.93. The van der Waals surface area contributed by atoms with Gasteiger partial charge in [0, 0.05) is 13.0 Å². The molecule has 0 aromatic rings. The van der Waals surface area contributed by atoms with Crippen LogP contribution in [0.1, 0.15) is 6.92 Å². The molecule has 0 unspecified atom stereocenters. The van der Waals surface area contributed by atoms with Crippen LogP contribution in [0.5, 0.6) is 0 Å². The van der Waals surface area contributed by atoms with E-state index in [0.717, 1.165) is 0 Å². The molecule has 0 bridgehead atoms. The van der Waals surface area contributed by atoms with Crippen LogP contribution in [0, 0.1) is 0 Å². The van der Waals surface area contributed by atoms with E-state index in [1.807, 2.05) is 0 Å². The first-order chi connectivity index (χ1) is 5.66. The highest BCUT2D eigenvalue weighted by Gasteiger charge is 1.87. The second-order valence-corrected chi connectivity index (χ2v) is 1.82. The normalized spacial score (nSPS) is 10.5. The van der Waals surface area contributed by atoms with Crippen LogP contribution in [0.15, 0.2) is 24.5 Å². The number of rotatable bonds is 3. The van der Waals surface area contributed by atoms with Crippen molar-refractivity contribution in [1.82, 2.24) is 0 Å². The Morgan fingerprint density at radius 2 is 1.92 bits per heavy atom. The molecule has 12 heavy (non-hydrogen) atoms. The number of allylic oxidation sites excluding steroid dienone is 2. The Hall–Kier alpha value is -1.58. The zero-order valence-electron chi connectivity index (χ0n) is 6.94. The molecule has 0 spiro atoms. The van der Waals surface area contributed by atoms with Gasteiger partial charge in [-0.3, -0.25) is 4.79 Å². The molecule has 66 valence electrons. The largest absolute Gasteiger partial charge is 0.466 e. The number of hydrogen-bond donors (Lipinski definition) is 0. The van der Waals surface area contributed by atoms with Crippen molar-refractivity contribution in [2.45, 2.75) is 6.92 Å². The summed E-state index contributed by atoms with van der Waals surface area (Å²) in [4.78, 5) is 20.7. The van der Waals surface area contributed by atoms with Gasteiger partial charge in [-0.05, 0) is 6.08 Å². The first-order valence-electron chi connectivity index (χ1n) is 3.25. The van der Waals surface area contributed by atoms with Crippen LogP contribution in [-0.2, 0) is 19.1 Å². The molecule has 0 saturated heterocycles. The molecule has 0 rings (SSSR count). The molecule has 0 aromatic heterocycles. The molecule has 0 aromatic carbocycles. The molecule has 0 aliphatic heterocycles. The molecular weight excluding hydrogens is 160 g/mol. The van der Waals surface area contributed by atoms with E-state index >= 15 is 0 Å². The Morgan fingerprint density at radius 1 is 1.25 bits per heavy atom. The summed E-state index contributed by atoms with van der Waals surface area (Å²) in [5, 5.41) is 0. The smallest absolute Gasteiger partial charge is 0.330 e. The molecule has 0 radical (unpaired) electrons. The van der Waals surface area contributed by atoms with Crippen LogP contribution in [-0.4, -0.2) is 19.0 Å². The zero-order valence-corrected chi connectivity index (χ0v) is 6.94. The minimum absolute atomic E-state index is 0.405. The van der Waals surface area contributed by atoms with Gasteiger partial charge < -0.3 is 9.47 Å². The molecule has 0 fully saturated rings. The highest BCUT2D eigenvalue weighted by atomic mass is 16.5. The maximum Gasteiger partial charge on any atom is 0.330 e. The van der Waals surface area contributed by atoms with E-state index in [0.29, 0.717) is 0 Å². The summed E-state index contributed by atoms with van der Waals surface area (Å²) in [5.74, 6) is -0.861. The van der Waals surface area contributed by atoms with Gasteiger partial charge >= 0.3 is 11.9 Å². The standard InChI is InChI=1S/C8H10O4/c1-7(9)12-6-4-3-5-8(10)11-2/h3-6H,1-2H3. The van der Waals surface area contributed by atoms with Gasteiger partial charge in [-0.25, -0.2) is 4.79 Å². The Bertz CT molecular complexity index is 215. The summed E-state index contributed by atoms with van der Waals surface area (Å²) >= 11 is 0. The summed E-state index contributed by atoms with van der Waals surface area (Å²) in [5.41, 5.74) is 0. The summed E-state index contributed by atoms with van der Waals surface area (Å²) < 4.78 is 8.74. The molecule has 4 heteroatoms. The SMILES string of the molecule is COC(=O)C=CC=COC(C)=O. The summed E-state index contributed by atoms with van der Waals surface area (Å²) in [6.45, 7) is 1.29. The lowest BCUT2D eigenvalue weighted by Gasteiger charge is -1.88. The number of hydrogen-bond acceptors (Lipinski definition) is 4. The van der Waals surface area contributed by atoms with Crippen molar-refractivity contribution in [3.8, 4) is 0 Å². The number of carbonyl (C=O) groups excluding carboxylic acids is 2. The first kappa shape index (κ1) is 10.4. The number of esters is 2. The lowest BCUT2D eigenvalue weighted by molar-refractivity contribution is -0.136. The van der Waals surface area contributed by atoms with Gasteiger partial charge in [-0.15, -0.1) is 0 Å². The fourth-order valence-electron chi connectivity index (χ4n) is 0.383. The van der Waals surface area contributed by atoms with Crippen LogP contribution >= 0.6 is 0 Å². The van der Waals surface area contributed by atoms with E-state index < -0.39 is 11.9 Å². The van der Waals surface area contributed by atoms with Crippen LogP contribution < -0.4 is 0 Å². The molecule has 0 atom stereocenters. The molecule has 0 amide bonds. The first-order valence-corrected chi connectivity index (χ1v) is 3.25. The lowest BCUT2D eigenvalue weighted by atomic mass is 10.5. The molecule has 0 saturated carbocycles. The Kier molecular flexibility index (Phi) is 5.34. The van der Waals surface area contributed by atoms with Gasteiger partial charge in [-0.1, -0.05) is 6.08 Å². The molecule has 0 N–H and O–H groups in total. The van der Waals surface area contributed by atoms with Crippen molar-refractivity contribution in [2.75, 3.05) is 7.11 Å². The van der Waals surface area contributed by atoms with E-state index in [9.17, 15) is 9.59 Å². The Labute approximate surface area is 70.5 Å². The Morgan fingerprint density at radius 3 is 2.42 bits per heavy atom. The van der Waals surface area contributed by atoms with Crippen LogP contribution in [0.3, 0.4) is 0 Å². The number of carbonyl (C=O) groups is 2. The van der Waals surface area contributed by atoms with Gasteiger partial charge in [-0.2, -0.15) is 0 Å². The van der Waals surface area contributed by atoms with Crippen molar-refractivity contribution in [1.29, 1.82) is 0 Å². The average Bonchev–Trinajstić information content (AvgIpc) is 2.03. The van der Waals surface area contributed by atoms with E-state index in [4.69, 9.17) is 0 Å². The second kappa shape index (κ2) is 6.15. The fourth-order valence-corrected chi connectivity index (χ4v) is 0.383. The minimum atomic E-state index is -0.456. The topological polar surface area (TPSA) is 52.6 Å². The third-order valence-corrected chi connectivity index (χ3v) is 0.857. The highest BCUT2D eigenvalue weighted by Crippen LogP contribution is 1.82. The third kappa shape index (κ3) is 6.54. The van der Waals surface area contributed by atoms with E-state index in [-0.39, 0.29) is 0 Å². The summed E-state index contributed by atoms with van der Waals surface area (Å²) in [6.07, 6.45) is 5.22. The van der Waals surface area contributed by atoms with Gasteiger partial charge in [0.2, 0.25) is 0 Å². The molecular formula is C8H10O4. The van der Waals surface area contributed by atoms with E-state index in [1.165, 1.54) is 38.5 Å². The average molecular weight is 170 g/mol. The zero-order chi connectivity index (χ0) is 9.40. The van der Waals surface area contributed by atoms with Gasteiger partial charge in [0.15, 0.2) is 0 Å². The third-order valence-electron chi connectivity index (χ3n) is 0.857. The van der Waals surface area contributed by atoms with E-state index in [1.54, 1.807) is 0 Å². The van der Waals surface area contributed by atoms with Crippen LogP contribution in [0.25, 0.3) is 0 Å². The quantitative estimate of drug-likeness (QED) is 0.272. The molecule has 0 aliphatic rings. The maximum atomic E-state index is 10.5. The van der Waals surface area contributed by atoms with Crippen LogP contribution in [0.2, 0.25) is 0 Å². The predicted molar refractivity (Wildman–Crippen MR) is 42.1 cm³/mol. The minimum Gasteiger partial charge on any atom is -0.466 e. The predicted octanol–water partition coefficient (Wildman–Crippen LogP) is 0.792. The monoisotopic (exact) mass is 170 g/mol. The second-order valence-electron chi connectivity index (χ2n) is 1.82. The van der Waals surface area contributed by atoms with E-state index in [2.05, 4.69) is 9.47 Å². The van der Waals surface area contributed by atoms with Crippen molar-refractivity contribution < 1.29 is 19.1 Å². The fraction of sp³-hybridized carbons (Fsp3) is 0.250. The van der Waals surface area contributed by atoms with Crippen molar-refractivity contribution in [3.63, 3.8) is 0 Å². The van der Waals surface area contributed by atoms with Crippen molar-refractivity contribution in [3.05, 3.63) is 24.5 Å². The van der Waals surface area contributed by atoms with Crippen molar-refractivity contribution in [2.24, 2.45) is 0 Å². The summed E-state index contributed by atoms with van der Waals surface area (Å²) in [6, 6.07) is 0. The highest BCUT2D eigenvalue weighted by molar-refractivity contribution is 5.82. The van der Waals surface area contributed by atoms with Crippen LogP contribution in [0.4, 0.5) is 0 Å². The molecule has 4 nitrogen and oxygen atoms in total. The number of ether oxygens (including phenoxy) is 2.